The predicted octanol–water partition coefficient (Wildman–Crippen LogP) is 2.18. The Morgan fingerprint density at radius 3 is 2.74 bits per heavy atom. The number of pyridine rings is 1. The van der Waals surface area contributed by atoms with Crippen LogP contribution in [0.1, 0.15) is 34.1 Å². The minimum atomic E-state index is -0.530. The zero-order chi connectivity index (χ0) is 14.4. The van der Waals surface area contributed by atoms with E-state index in [0.717, 1.165) is 6.42 Å². The van der Waals surface area contributed by atoms with Gasteiger partial charge in [-0.25, -0.2) is 4.98 Å². The molecule has 2 atom stereocenters. The lowest BCUT2D eigenvalue weighted by molar-refractivity contribution is -0.118. The zero-order valence-corrected chi connectivity index (χ0v) is 12.0. The van der Waals surface area contributed by atoms with Crippen molar-refractivity contribution in [2.75, 3.05) is 5.32 Å². The molecule has 2 unspecified atom stereocenters. The molecule has 1 amide bonds. The van der Waals surface area contributed by atoms with Gasteiger partial charge >= 0.3 is 0 Å². The average molecular weight is 265 g/mol. The predicted molar refractivity (Wildman–Crippen MR) is 76.1 cm³/mol. The van der Waals surface area contributed by atoms with Crippen LogP contribution in [0.2, 0.25) is 0 Å². The third kappa shape index (κ3) is 4.52. The number of carbonyl (C=O) groups is 1. The Hall–Kier alpha value is -1.62. The van der Waals surface area contributed by atoms with E-state index in [1.807, 2.05) is 27.7 Å². The van der Waals surface area contributed by atoms with Crippen LogP contribution in [0.5, 0.6) is 5.88 Å². The van der Waals surface area contributed by atoms with Crippen LogP contribution in [-0.4, -0.2) is 23.0 Å². The molecular weight excluding hydrogens is 242 g/mol. The van der Waals surface area contributed by atoms with Crippen molar-refractivity contribution in [3.8, 4) is 5.88 Å². The van der Waals surface area contributed by atoms with Crippen molar-refractivity contribution >= 4 is 11.6 Å². The molecule has 0 aromatic carbocycles. The van der Waals surface area contributed by atoms with Crippen LogP contribution in [0.25, 0.3) is 0 Å². The first-order valence-electron chi connectivity index (χ1n) is 6.63. The monoisotopic (exact) mass is 265 g/mol. The summed E-state index contributed by atoms with van der Waals surface area (Å²) in [7, 11) is 0. The molecule has 1 aromatic rings. The number of ether oxygens (including phenoxy) is 1. The normalized spacial score (nSPS) is 14.0. The molecule has 1 aromatic heterocycles. The van der Waals surface area contributed by atoms with Crippen LogP contribution >= 0.6 is 0 Å². The number of hydrogen-bond acceptors (Lipinski definition) is 4. The third-order valence-electron chi connectivity index (χ3n) is 2.94. The fraction of sp³-hybridized carbons (Fsp3) is 0.571. The van der Waals surface area contributed by atoms with E-state index in [1.54, 1.807) is 18.3 Å². The highest BCUT2D eigenvalue weighted by atomic mass is 16.5. The molecule has 3 N–H and O–H groups in total. The van der Waals surface area contributed by atoms with Gasteiger partial charge in [-0.3, -0.25) is 4.79 Å². The van der Waals surface area contributed by atoms with Gasteiger partial charge in [0.1, 0.15) is 5.69 Å². The highest BCUT2D eigenvalue weighted by Crippen LogP contribution is 2.22. The summed E-state index contributed by atoms with van der Waals surface area (Å²) in [6, 6.07) is 2.97. The van der Waals surface area contributed by atoms with Gasteiger partial charge in [-0.05, 0) is 31.9 Å². The van der Waals surface area contributed by atoms with E-state index in [9.17, 15) is 4.79 Å². The Morgan fingerprint density at radius 2 is 2.16 bits per heavy atom. The van der Waals surface area contributed by atoms with E-state index < -0.39 is 6.04 Å². The van der Waals surface area contributed by atoms with Crippen molar-refractivity contribution in [3.63, 3.8) is 0 Å². The van der Waals surface area contributed by atoms with Crippen LogP contribution in [0, 0.1) is 5.92 Å². The molecule has 0 aliphatic heterocycles. The van der Waals surface area contributed by atoms with Crippen molar-refractivity contribution in [1.29, 1.82) is 0 Å². The molecule has 19 heavy (non-hydrogen) atoms. The molecule has 0 saturated heterocycles. The van der Waals surface area contributed by atoms with E-state index >= 15 is 0 Å². The van der Waals surface area contributed by atoms with Gasteiger partial charge in [-0.15, -0.1) is 0 Å². The second kappa shape index (κ2) is 7.09. The summed E-state index contributed by atoms with van der Waals surface area (Å²) in [6.07, 6.45) is 2.48. The number of carbonyl (C=O) groups excluding carboxylic acids is 1. The molecule has 0 fully saturated rings. The maximum absolute atomic E-state index is 12.0. The van der Waals surface area contributed by atoms with Crippen molar-refractivity contribution in [2.45, 2.75) is 46.3 Å². The standard InChI is InChI=1S/C14H23N3O2/c1-5-10(4)12(15)13(18)17-11-7-6-8-16-14(11)19-9(2)3/h6-10,12H,5,15H2,1-4H3,(H,17,18). The lowest BCUT2D eigenvalue weighted by atomic mass is 9.99. The van der Waals surface area contributed by atoms with Gasteiger partial charge in [0.05, 0.1) is 12.1 Å². The fourth-order valence-electron chi connectivity index (χ4n) is 1.53. The van der Waals surface area contributed by atoms with Crippen molar-refractivity contribution < 1.29 is 9.53 Å². The topological polar surface area (TPSA) is 77.2 Å². The Bertz CT molecular complexity index is 421. The first-order valence-corrected chi connectivity index (χ1v) is 6.63. The van der Waals surface area contributed by atoms with Gasteiger partial charge in [-0.1, -0.05) is 20.3 Å². The molecule has 0 radical (unpaired) electrons. The van der Waals surface area contributed by atoms with Gasteiger partial charge in [0.15, 0.2) is 0 Å². The highest BCUT2D eigenvalue weighted by Gasteiger charge is 2.20. The van der Waals surface area contributed by atoms with Gasteiger partial charge in [0, 0.05) is 6.20 Å². The molecule has 5 nitrogen and oxygen atoms in total. The van der Waals surface area contributed by atoms with Crippen LogP contribution < -0.4 is 15.8 Å². The molecule has 1 heterocycles. The first kappa shape index (κ1) is 15.4. The molecule has 0 aliphatic rings. The number of amides is 1. The average Bonchev–Trinajstić information content (AvgIpc) is 2.38. The van der Waals surface area contributed by atoms with Gasteiger partial charge in [0.2, 0.25) is 11.8 Å². The van der Waals surface area contributed by atoms with E-state index in [-0.39, 0.29) is 17.9 Å². The number of nitrogens with two attached hydrogens (primary N) is 1. The second-order valence-electron chi connectivity index (χ2n) is 4.92. The second-order valence-corrected chi connectivity index (χ2v) is 4.92. The van der Waals surface area contributed by atoms with Crippen LogP contribution in [0.3, 0.4) is 0 Å². The molecule has 0 saturated carbocycles. The summed E-state index contributed by atoms with van der Waals surface area (Å²) in [6.45, 7) is 7.78. The lowest BCUT2D eigenvalue weighted by Crippen LogP contribution is -2.40. The Kier molecular flexibility index (Phi) is 5.76. The summed E-state index contributed by atoms with van der Waals surface area (Å²) < 4.78 is 5.55. The third-order valence-corrected chi connectivity index (χ3v) is 2.94. The smallest absolute Gasteiger partial charge is 0.241 e. The number of nitrogens with one attached hydrogen (secondary N) is 1. The summed E-state index contributed by atoms with van der Waals surface area (Å²) in [5, 5.41) is 2.78. The van der Waals surface area contributed by atoms with Crippen LogP contribution in [0.15, 0.2) is 18.3 Å². The zero-order valence-electron chi connectivity index (χ0n) is 12.0. The van der Waals surface area contributed by atoms with Gasteiger partial charge in [-0.2, -0.15) is 0 Å². The largest absolute Gasteiger partial charge is 0.473 e. The molecule has 0 spiro atoms. The number of aromatic nitrogens is 1. The number of anilines is 1. The van der Waals surface area contributed by atoms with Gasteiger partial charge < -0.3 is 15.8 Å². The Morgan fingerprint density at radius 1 is 1.47 bits per heavy atom. The van der Waals surface area contributed by atoms with Crippen molar-refractivity contribution in [2.24, 2.45) is 11.7 Å². The number of rotatable bonds is 6. The lowest BCUT2D eigenvalue weighted by Gasteiger charge is -2.19. The quantitative estimate of drug-likeness (QED) is 0.826. The fourth-order valence-corrected chi connectivity index (χ4v) is 1.53. The molecule has 106 valence electrons. The SMILES string of the molecule is CCC(C)C(N)C(=O)Nc1cccnc1OC(C)C. The minimum absolute atomic E-state index is 0.00575. The maximum Gasteiger partial charge on any atom is 0.241 e. The van der Waals surface area contributed by atoms with E-state index in [4.69, 9.17) is 10.5 Å². The Balaban J connectivity index is 2.79. The summed E-state index contributed by atoms with van der Waals surface area (Å²) in [5.41, 5.74) is 6.45. The summed E-state index contributed by atoms with van der Waals surface area (Å²) >= 11 is 0. The molecular formula is C14H23N3O2. The van der Waals surface area contributed by atoms with E-state index in [0.29, 0.717) is 11.6 Å². The minimum Gasteiger partial charge on any atom is -0.473 e. The van der Waals surface area contributed by atoms with Crippen LogP contribution in [-0.2, 0) is 4.79 Å². The summed E-state index contributed by atoms with van der Waals surface area (Å²) in [5.74, 6) is 0.337. The van der Waals surface area contributed by atoms with Crippen molar-refractivity contribution in [3.05, 3.63) is 18.3 Å². The highest BCUT2D eigenvalue weighted by molar-refractivity contribution is 5.95. The Labute approximate surface area is 114 Å². The number of nitrogens with zero attached hydrogens (tertiary/aromatic N) is 1. The molecule has 1 rings (SSSR count). The molecule has 0 bridgehead atoms. The van der Waals surface area contributed by atoms with Gasteiger partial charge in [0.25, 0.3) is 0 Å². The van der Waals surface area contributed by atoms with E-state index in [2.05, 4.69) is 10.3 Å². The summed E-state index contributed by atoms with van der Waals surface area (Å²) in [4.78, 5) is 16.1. The molecule has 0 aliphatic carbocycles. The number of hydrogen-bond donors (Lipinski definition) is 2. The van der Waals surface area contributed by atoms with E-state index in [1.165, 1.54) is 0 Å². The van der Waals surface area contributed by atoms with Crippen molar-refractivity contribution in [1.82, 2.24) is 4.98 Å². The first-order chi connectivity index (χ1) is 8.95. The van der Waals surface area contributed by atoms with Crippen LogP contribution in [0.4, 0.5) is 5.69 Å². The molecule has 5 heteroatoms. The maximum atomic E-state index is 12.0.